The molecule has 0 unspecified atom stereocenters. The van der Waals surface area contributed by atoms with Gasteiger partial charge in [0.1, 0.15) is 6.33 Å². The number of fused-ring (bicyclic) bond motifs is 1. The SMILES string of the molecule is N#CCCNC(=O)C=Cc1cc(C(F)(F)F)cc2ncn(-c3ccccc3)c12. The van der Waals surface area contributed by atoms with Crippen molar-refractivity contribution in [1.82, 2.24) is 14.9 Å². The molecule has 0 fully saturated rings. The highest BCUT2D eigenvalue weighted by atomic mass is 19.4. The van der Waals surface area contributed by atoms with Crippen molar-refractivity contribution in [2.75, 3.05) is 6.54 Å². The number of rotatable bonds is 5. The van der Waals surface area contributed by atoms with E-state index in [9.17, 15) is 18.0 Å². The van der Waals surface area contributed by atoms with E-state index in [4.69, 9.17) is 5.26 Å². The second kappa shape index (κ2) is 7.96. The Morgan fingerprint density at radius 1 is 1.25 bits per heavy atom. The molecule has 0 radical (unpaired) electrons. The van der Waals surface area contributed by atoms with Crippen LogP contribution in [-0.4, -0.2) is 22.0 Å². The van der Waals surface area contributed by atoms with Crippen molar-refractivity contribution in [2.45, 2.75) is 12.6 Å². The molecule has 3 rings (SSSR count). The number of carbonyl (C=O) groups is 1. The summed E-state index contributed by atoms with van der Waals surface area (Å²) in [4.78, 5) is 16.0. The van der Waals surface area contributed by atoms with Gasteiger partial charge in [0, 0.05) is 23.9 Å². The number of aromatic nitrogens is 2. The van der Waals surface area contributed by atoms with Crippen LogP contribution in [0, 0.1) is 11.3 Å². The number of imidazole rings is 1. The number of nitrogens with one attached hydrogen (secondary N) is 1. The first-order valence-electron chi connectivity index (χ1n) is 8.37. The molecular weight excluding hydrogens is 369 g/mol. The van der Waals surface area contributed by atoms with Crippen LogP contribution in [0.2, 0.25) is 0 Å². The Kier molecular flexibility index (Phi) is 5.45. The minimum Gasteiger partial charge on any atom is -0.352 e. The Hall–Kier alpha value is -3.60. The zero-order valence-corrected chi connectivity index (χ0v) is 14.6. The third-order valence-corrected chi connectivity index (χ3v) is 3.98. The Labute approximate surface area is 158 Å². The Balaban J connectivity index is 2.08. The van der Waals surface area contributed by atoms with Gasteiger partial charge in [-0.2, -0.15) is 18.4 Å². The van der Waals surface area contributed by atoms with Crippen LogP contribution in [0.5, 0.6) is 0 Å². The molecule has 0 aliphatic carbocycles. The second-order valence-electron chi connectivity index (χ2n) is 5.91. The fourth-order valence-corrected chi connectivity index (χ4v) is 2.72. The number of amides is 1. The first-order valence-corrected chi connectivity index (χ1v) is 8.37. The minimum atomic E-state index is -4.54. The molecule has 0 aliphatic heterocycles. The summed E-state index contributed by atoms with van der Waals surface area (Å²) in [5.41, 5.74) is 0.728. The number of hydrogen-bond donors (Lipinski definition) is 1. The molecule has 0 spiro atoms. The highest BCUT2D eigenvalue weighted by molar-refractivity contribution is 5.95. The second-order valence-corrected chi connectivity index (χ2v) is 5.91. The normalized spacial score (nSPS) is 11.6. The van der Waals surface area contributed by atoms with Crippen LogP contribution in [0.25, 0.3) is 22.8 Å². The summed E-state index contributed by atoms with van der Waals surface area (Å²) in [6.45, 7) is 0.166. The average molecular weight is 384 g/mol. The maximum absolute atomic E-state index is 13.3. The van der Waals surface area contributed by atoms with E-state index in [1.165, 1.54) is 12.4 Å². The van der Waals surface area contributed by atoms with Crippen molar-refractivity contribution in [3.63, 3.8) is 0 Å². The summed E-state index contributed by atoms with van der Waals surface area (Å²) < 4.78 is 41.5. The topological polar surface area (TPSA) is 70.7 Å². The van der Waals surface area contributed by atoms with Gasteiger partial charge in [-0.15, -0.1) is 0 Å². The molecule has 0 aliphatic rings. The predicted molar refractivity (Wildman–Crippen MR) is 98.3 cm³/mol. The third kappa shape index (κ3) is 4.20. The zero-order chi connectivity index (χ0) is 20.1. The van der Waals surface area contributed by atoms with E-state index < -0.39 is 17.6 Å². The molecule has 142 valence electrons. The van der Waals surface area contributed by atoms with E-state index in [0.717, 1.165) is 23.9 Å². The highest BCUT2D eigenvalue weighted by Gasteiger charge is 2.31. The summed E-state index contributed by atoms with van der Waals surface area (Å²) in [6.07, 6.45) is -0.476. The molecule has 0 bridgehead atoms. The van der Waals surface area contributed by atoms with E-state index in [1.807, 2.05) is 24.3 Å². The van der Waals surface area contributed by atoms with Crippen LogP contribution in [-0.2, 0) is 11.0 Å². The summed E-state index contributed by atoms with van der Waals surface area (Å²) in [6, 6.07) is 12.9. The smallest absolute Gasteiger partial charge is 0.352 e. The summed E-state index contributed by atoms with van der Waals surface area (Å²) in [5.74, 6) is -0.494. The van der Waals surface area contributed by atoms with Crippen LogP contribution >= 0.6 is 0 Å². The minimum absolute atomic E-state index is 0.147. The molecule has 0 saturated carbocycles. The van der Waals surface area contributed by atoms with Crippen molar-refractivity contribution < 1.29 is 18.0 Å². The third-order valence-electron chi connectivity index (χ3n) is 3.98. The molecule has 1 N–H and O–H groups in total. The lowest BCUT2D eigenvalue weighted by Crippen LogP contribution is -2.21. The molecular formula is C20H15F3N4O. The Morgan fingerprint density at radius 3 is 2.68 bits per heavy atom. The lowest BCUT2D eigenvalue weighted by atomic mass is 10.1. The number of carbonyl (C=O) groups excluding carboxylic acids is 1. The number of benzene rings is 2. The molecule has 1 aromatic heterocycles. The molecule has 0 saturated heterocycles. The summed E-state index contributed by atoms with van der Waals surface area (Å²) in [5, 5.41) is 11.0. The monoisotopic (exact) mass is 384 g/mol. The van der Waals surface area contributed by atoms with Crippen molar-refractivity contribution >= 4 is 23.0 Å². The van der Waals surface area contributed by atoms with Crippen molar-refractivity contribution in [3.8, 4) is 11.8 Å². The number of hydrogen-bond acceptors (Lipinski definition) is 3. The molecule has 1 heterocycles. The van der Waals surface area contributed by atoms with E-state index in [2.05, 4.69) is 10.3 Å². The van der Waals surface area contributed by atoms with Gasteiger partial charge >= 0.3 is 6.18 Å². The van der Waals surface area contributed by atoms with Crippen molar-refractivity contribution in [1.29, 1.82) is 5.26 Å². The number of nitriles is 1. The standard InChI is InChI=1S/C20H15F3N4O/c21-20(22,23)15-11-14(7-8-18(28)25-10-4-9-24)19-17(12-15)26-13-27(19)16-5-2-1-3-6-16/h1-3,5-8,11-13H,4,10H2,(H,25,28). The zero-order valence-electron chi connectivity index (χ0n) is 14.6. The molecule has 28 heavy (non-hydrogen) atoms. The van der Waals surface area contributed by atoms with Crippen LogP contribution in [0.3, 0.4) is 0 Å². The summed E-state index contributed by atoms with van der Waals surface area (Å²) >= 11 is 0. The van der Waals surface area contributed by atoms with Gasteiger partial charge < -0.3 is 5.32 Å². The molecule has 0 atom stereocenters. The largest absolute Gasteiger partial charge is 0.416 e. The number of para-hydroxylation sites is 1. The lowest BCUT2D eigenvalue weighted by Gasteiger charge is -2.11. The molecule has 5 nitrogen and oxygen atoms in total. The quantitative estimate of drug-likeness (QED) is 0.532. The molecule has 1 amide bonds. The van der Waals surface area contributed by atoms with E-state index in [0.29, 0.717) is 5.52 Å². The average Bonchev–Trinajstić information content (AvgIpc) is 3.10. The van der Waals surface area contributed by atoms with Crippen LogP contribution < -0.4 is 5.32 Å². The maximum Gasteiger partial charge on any atom is 0.416 e. The maximum atomic E-state index is 13.3. The van der Waals surface area contributed by atoms with Crippen molar-refractivity contribution in [3.05, 3.63) is 66.0 Å². The molecule has 2 aromatic carbocycles. The number of halogens is 3. The van der Waals surface area contributed by atoms with Crippen molar-refractivity contribution in [2.24, 2.45) is 0 Å². The van der Waals surface area contributed by atoms with E-state index >= 15 is 0 Å². The van der Waals surface area contributed by atoms with Crippen LogP contribution in [0.15, 0.2) is 54.9 Å². The fourth-order valence-electron chi connectivity index (χ4n) is 2.72. The first kappa shape index (κ1) is 19.2. The van der Waals surface area contributed by atoms with Gasteiger partial charge in [0.2, 0.25) is 5.91 Å². The lowest BCUT2D eigenvalue weighted by molar-refractivity contribution is -0.137. The fraction of sp³-hybridized carbons (Fsp3) is 0.150. The van der Waals surface area contributed by atoms with Gasteiger partial charge in [-0.3, -0.25) is 9.36 Å². The first-order chi connectivity index (χ1) is 13.4. The van der Waals surface area contributed by atoms with Gasteiger partial charge in [0.25, 0.3) is 0 Å². The van der Waals surface area contributed by atoms with E-state index in [1.54, 1.807) is 16.7 Å². The summed E-state index contributed by atoms with van der Waals surface area (Å²) in [7, 11) is 0. The van der Waals surface area contributed by atoms with Crippen LogP contribution in [0.4, 0.5) is 13.2 Å². The number of nitrogens with zero attached hydrogens (tertiary/aromatic N) is 3. The number of alkyl halides is 3. The predicted octanol–water partition coefficient (Wildman–Crippen LogP) is 4.09. The van der Waals surface area contributed by atoms with Crippen LogP contribution in [0.1, 0.15) is 17.5 Å². The van der Waals surface area contributed by atoms with Gasteiger partial charge in [0.05, 0.1) is 29.1 Å². The van der Waals surface area contributed by atoms with Gasteiger partial charge in [-0.05, 0) is 30.3 Å². The van der Waals surface area contributed by atoms with Gasteiger partial charge in [-0.25, -0.2) is 4.98 Å². The molecule has 3 aromatic rings. The highest BCUT2D eigenvalue weighted by Crippen LogP contribution is 2.34. The Bertz CT molecular complexity index is 1060. The van der Waals surface area contributed by atoms with Gasteiger partial charge in [-0.1, -0.05) is 18.2 Å². The van der Waals surface area contributed by atoms with Gasteiger partial charge in [0.15, 0.2) is 0 Å². The molecule has 8 heteroatoms. The Morgan fingerprint density at radius 2 is 2.00 bits per heavy atom. The van der Waals surface area contributed by atoms with E-state index in [-0.39, 0.29) is 24.0 Å².